The van der Waals surface area contributed by atoms with Crippen molar-refractivity contribution in [1.82, 2.24) is 5.32 Å². The topological polar surface area (TPSA) is 75.6 Å². The van der Waals surface area contributed by atoms with E-state index in [4.69, 9.17) is 4.74 Å². The molecule has 126 valence electrons. The van der Waals surface area contributed by atoms with Crippen LogP contribution in [0.5, 0.6) is 0 Å². The van der Waals surface area contributed by atoms with Crippen LogP contribution < -0.4 is 5.32 Å². The number of nitrogens with one attached hydrogen (secondary N) is 1. The van der Waals surface area contributed by atoms with E-state index in [9.17, 15) is 14.7 Å². The molecule has 0 bridgehead atoms. The van der Waals surface area contributed by atoms with Crippen LogP contribution >= 0.6 is 0 Å². The zero-order valence-electron chi connectivity index (χ0n) is 13.6. The third-order valence-corrected chi connectivity index (χ3v) is 5.26. The van der Waals surface area contributed by atoms with Gasteiger partial charge in [-0.1, -0.05) is 32.6 Å². The van der Waals surface area contributed by atoms with E-state index < -0.39 is 11.9 Å². The SMILES string of the molecule is CC(CC1CCCC1)C(=O)NCC(C(=O)O)C1CCOCC1. The molecule has 2 fully saturated rings. The van der Waals surface area contributed by atoms with Crippen LogP contribution in [-0.2, 0) is 14.3 Å². The number of hydrogen-bond donors (Lipinski definition) is 2. The molecule has 1 heterocycles. The normalized spacial score (nSPS) is 23.1. The molecule has 1 amide bonds. The van der Waals surface area contributed by atoms with Gasteiger partial charge in [0.25, 0.3) is 0 Å². The highest BCUT2D eigenvalue weighted by atomic mass is 16.5. The number of aliphatic carboxylic acids is 1. The molecule has 5 heteroatoms. The van der Waals surface area contributed by atoms with Crippen LogP contribution in [-0.4, -0.2) is 36.7 Å². The summed E-state index contributed by atoms with van der Waals surface area (Å²) in [4.78, 5) is 23.7. The Hall–Kier alpha value is -1.10. The van der Waals surface area contributed by atoms with E-state index in [2.05, 4.69) is 5.32 Å². The number of carboxylic acid groups (broad SMARTS) is 1. The van der Waals surface area contributed by atoms with Crippen molar-refractivity contribution < 1.29 is 19.4 Å². The molecule has 0 aromatic carbocycles. The van der Waals surface area contributed by atoms with Gasteiger partial charge in [0, 0.05) is 25.7 Å². The van der Waals surface area contributed by atoms with Gasteiger partial charge in [-0.25, -0.2) is 0 Å². The molecule has 2 unspecified atom stereocenters. The molecule has 1 saturated carbocycles. The van der Waals surface area contributed by atoms with Crippen LogP contribution in [0.4, 0.5) is 0 Å². The summed E-state index contributed by atoms with van der Waals surface area (Å²) >= 11 is 0. The molecule has 2 atom stereocenters. The van der Waals surface area contributed by atoms with Gasteiger partial charge in [0.1, 0.15) is 0 Å². The van der Waals surface area contributed by atoms with E-state index in [1.54, 1.807) is 0 Å². The predicted octanol–water partition coefficient (Wildman–Crippen LogP) is 2.45. The molecule has 5 nitrogen and oxygen atoms in total. The number of ether oxygens (including phenoxy) is 1. The molecule has 0 aromatic heterocycles. The van der Waals surface area contributed by atoms with Gasteiger partial charge >= 0.3 is 5.97 Å². The highest BCUT2D eigenvalue weighted by Gasteiger charge is 2.30. The molecule has 0 aromatic rings. The van der Waals surface area contributed by atoms with Crippen molar-refractivity contribution in [3.63, 3.8) is 0 Å². The van der Waals surface area contributed by atoms with Crippen LogP contribution in [0, 0.1) is 23.7 Å². The fourth-order valence-corrected chi connectivity index (χ4v) is 3.81. The average Bonchev–Trinajstić information content (AvgIpc) is 3.01. The summed E-state index contributed by atoms with van der Waals surface area (Å²) in [5, 5.41) is 12.3. The highest BCUT2D eigenvalue weighted by Crippen LogP contribution is 2.30. The molecule has 0 spiro atoms. The minimum atomic E-state index is -0.810. The van der Waals surface area contributed by atoms with Crippen molar-refractivity contribution in [2.45, 2.75) is 51.9 Å². The van der Waals surface area contributed by atoms with E-state index >= 15 is 0 Å². The highest BCUT2D eigenvalue weighted by molar-refractivity contribution is 5.79. The lowest BCUT2D eigenvalue weighted by molar-refractivity contribution is -0.145. The van der Waals surface area contributed by atoms with Crippen molar-refractivity contribution in [2.75, 3.05) is 19.8 Å². The van der Waals surface area contributed by atoms with Gasteiger partial charge in [-0.2, -0.15) is 0 Å². The first-order chi connectivity index (χ1) is 10.6. The van der Waals surface area contributed by atoms with E-state index in [0.29, 0.717) is 19.1 Å². The van der Waals surface area contributed by atoms with Gasteiger partial charge in [0.2, 0.25) is 5.91 Å². The molecule has 1 saturated heterocycles. The maximum atomic E-state index is 12.2. The van der Waals surface area contributed by atoms with Gasteiger partial charge in [0.15, 0.2) is 0 Å². The number of rotatable bonds is 7. The Balaban J connectivity index is 1.77. The quantitative estimate of drug-likeness (QED) is 0.757. The van der Waals surface area contributed by atoms with Crippen molar-refractivity contribution >= 4 is 11.9 Å². The van der Waals surface area contributed by atoms with Gasteiger partial charge < -0.3 is 15.2 Å². The Morgan fingerprint density at radius 3 is 2.41 bits per heavy atom. The van der Waals surface area contributed by atoms with Crippen LogP contribution in [0.1, 0.15) is 51.9 Å². The molecule has 2 aliphatic rings. The van der Waals surface area contributed by atoms with Crippen molar-refractivity contribution in [3.05, 3.63) is 0 Å². The minimum Gasteiger partial charge on any atom is -0.481 e. The molecule has 0 radical (unpaired) electrons. The lowest BCUT2D eigenvalue weighted by Gasteiger charge is -2.28. The van der Waals surface area contributed by atoms with Crippen molar-refractivity contribution in [2.24, 2.45) is 23.7 Å². The summed E-state index contributed by atoms with van der Waals surface area (Å²) in [5.41, 5.74) is 0. The molecular formula is C17H29NO4. The summed E-state index contributed by atoms with van der Waals surface area (Å²) in [6, 6.07) is 0. The van der Waals surface area contributed by atoms with Gasteiger partial charge in [0.05, 0.1) is 5.92 Å². The van der Waals surface area contributed by atoms with Crippen LogP contribution in [0.3, 0.4) is 0 Å². The summed E-state index contributed by atoms with van der Waals surface area (Å²) in [5.74, 6) is -0.539. The summed E-state index contributed by atoms with van der Waals surface area (Å²) < 4.78 is 5.29. The molecule has 2 N–H and O–H groups in total. The van der Waals surface area contributed by atoms with E-state index in [1.807, 2.05) is 6.92 Å². The Labute approximate surface area is 132 Å². The summed E-state index contributed by atoms with van der Waals surface area (Å²) in [6.07, 6.45) is 7.50. The fraction of sp³-hybridized carbons (Fsp3) is 0.882. The molecule has 22 heavy (non-hydrogen) atoms. The Morgan fingerprint density at radius 2 is 1.82 bits per heavy atom. The average molecular weight is 311 g/mol. The van der Waals surface area contributed by atoms with Crippen molar-refractivity contribution in [3.8, 4) is 0 Å². The Morgan fingerprint density at radius 1 is 1.18 bits per heavy atom. The lowest BCUT2D eigenvalue weighted by atomic mass is 9.85. The largest absolute Gasteiger partial charge is 0.481 e. The third kappa shape index (κ3) is 4.97. The molecule has 2 rings (SSSR count). The van der Waals surface area contributed by atoms with E-state index in [1.165, 1.54) is 25.7 Å². The summed E-state index contributed by atoms with van der Waals surface area (Å²) in [6.45, 7) is 3.45. The van der Waals surface area contributed by atoms with Crippen LogP contribution in [0.15, 0.2) is 0 Å². The Kier molecular flexibility index (Phi) is 6.68. The zero-order chi connectivity index (χ0) is 15.9. The third-order valence-electron chi connectivity index (χ3n) is 5.26. The standard InChI is InChI=1S/C17H29NO4/c1-12(10-13-4-2-3-5-13)16(19)18-11-15(17(20)21)14-6-8-22-9-7-14/h12-15H,2-11H2,1H3,(H,18,19)(H,20,21). The van der Waals surface area contributed by atoms with Gasteiger partial charge in [-0.15, -0.1) is 0 Å². The van der Waals surface area contributed by atoms with Crippen LogP contribution in [0.2, 0.25) is 0 Å². The minimum absolute atomic E-state index is 0.00482. The second-order valence-corrected chi connectivity index (χ2v) is 6.93. The monoisotopic (exact) mass is 311 g/mol. The van der Waals surface area contributed by atoms with E-state index in [0.717, 1.165) is 19.3 Å². The Bertz CT molecular complexity index is 373. The molecular weight excluding hydrogens is 282 g/mol. The number of hydrogen-bond acceptors (Lipinski definition) is 3. The van der Waals surface area contributed by atoms with Gasteiger partial charge in [-0.3, -0.25) is 9.59 Å². The summed E-state index contributed by atoms with van der Waals surface area (Å²) in [7, 11) is 0. The maximum absolute atomic E-state index is 12.2. The number of carbonyl (C=O) groups is 2. The second kappa shape index (κ2) is 8.51. The number of carboxylic acids is 1. The predicted molar refractivity (Wildman–Crippen MR) is 83.4 cm³/mol. The smallest absolute Gasteiger partial charge is 0.308 e. The molecule has 1 aliphatic heterocycles. The molecule has 1 aliphatic carbocycles. The second-order valence-electron chi connectivity index (χ2n) is 6.93. The first-order valence-corrected chi connectivity index (χ1v) is 8.66. The number of amides is 1. The van der Waals surface area contributed by atoms with Crippen LogP contribution in [0.25, 0.3) is 0 Å². The van der Waals surface area contributed by atoms with Gasteiger partial charge in [-0.05, 0) is 31.1 Å². The first kappa shape index (κ1) is 17.3. The maximum Gasteiger partial charge on any atom is 0.308 e. The lowest BCUT2D eigenvalue weighted by Crippen LogP contribution is -2.40. The zero-order valence-corrected chi connectivity index (χ0v) is 13.6. The van der Waals surface area contributed by atoms with E-state index in [-0.39, 0.29) is 24.3 Å². The fourth-order valence-electron chi connectivity index (χ4n) is 3.81. The number of carbonyl (C=O) groups excluding carboxylic acids is 1. The van der Waals surface area contributed by atoms with Crippen molar-refractivity contribution in [1.29, 1.82) is 0 Å². The first-order valence-electron chi connectivity index (χ1n) is 8.66.